The van der Waals surface area contributed by atoms with E-state index in [2.05, 4.69) is 9.97 Å². The molecule has 92 valence electrons. The zero-order valence-corrected chi connectivity index (χ0v) is 11.3. The Morgan fingerprint density at radius 3 is 1.40 bits per heavy atom. The fourth-order valence-electron chi connectivity index (χ4n) is 1.25. The first-order valence-electron chi connectivity index (χ1n) is 5.00. The Morgan fingerprint density at radius 2 is 1.10 bits per heavy atom. The molecule has 6 nitrogen and oxygen atoms in total. The van der Waals surface area contributed by atoms with Gasteiger partial charge in [-0.15, -0.1) is 22.7 Å². The molecule has 0 atom stereocenters. The molecule has 0 aliphatic heterocycles. The number of thiazole rings is 2. The second kappa shape index (κ2) is 5.73. The van der Waals surface area contributed by atoms with Crippen LogP contribution < -0.4 is 9.06 Å². The zero-order chi connectivity index (χ0) is 14.5. The van der Waals surface area contributed by atoms with Gasteiger partial charge in [-0.3, -0.25) is 0 Å². The molecular formula is C12H2N6S2. The minimum absolute atomic E-state index is 0.00756. The molecular weight excluding hydrogens is 292 g/mol. The number of rotatable bonds is 0. The van der Waals surface area contributed by atoms with Crippen LogP contribution in [0.1, 0.15) is 0 Å². The third-order valence-electron chi connectivity index (χ3n) is 2.13. The maximum absolute atomic E-state index is 8.78. The maximum Gasteiger partial charge on any atom is 0.152 e. The van der Waals surface area contributed by atoms with Crippen molar-refractivity contribution >= 4 is 33.8 Å². The molecule has 0 spiro atoms. The van der Waals surface area contributed by atoms with Gasteiger partial charge >= 0.3 is 0 Å². The summed E-state index contributed by atoms with van der Waals surface area (Å²) in [6.45, 7) is 0. The van der Waals surface area contributed by atoms with Crippen molar-refractivity contribution in [3.05, 3.63) is 30.8 Å². The monoisotopic (exact) mass is 294 g/mol. The summed E-state index contributed by atoms with van der Waals surface area (Å²) in [5.41, 5.74) is -0.0151. The minimum atomic E-state index is -0.00756. The van der Waals surface area contributed by atoms with Crippen LogP contribution >= 0.6 is 22.7 Å². The van der Waals surface area contributed by atoms with Crippen LogP contribution in [0.4, 0.5) is 0 Å². The molecule has 2 aromatic heterocycles. The number of aromatic nitrogens is 2. The summed E-state index contributed by atoms with van der Waals surface area (Å²) in [6, 6.07) is 7.17. The average Bonchev–Trinajstić information content (AvgIpc) is 3.11. The first-order chi connectivity index (χ1) is 9.73. The molecule has 0 amide bonds. The molecule has 0 saturated heterocycles. The lowest BCUT2D eigenvalue weighted by molar-refractivity contribution is 1.26. The Bertz CT molecular complexity index is 928. The summed E-state index contributed by atoms with van der Waals surface area (Å²) in [4.78, 5) is 8.19. The summed E-state index contributed by atoms with van der Waals surface area (Å²) in [5.74, 6) is 0. The summed E-state index contributed by atoms with van der Waals surface area (Å²) in [5, 5.41) is 35.1. The Kier molecular flexibility index (Phi) is 3.84. The Hall–Kier alpha value is -3.04. The normalized spacial score (nSPS) is 10.6. The lowest BCUT2D eigenvalue weighted by Gasteiger charge is -1.73. The third-order valence-corrected chi connectivity index (χ3v) is 4.31. The van der Waals surface area contributed by atoms with Crippen molar-refractivity contribution in [2.45, 2.75) is 0 Å². The molecule has 0 N–H and O–H groups in total. The lowest BCUT2D eigenvalue weighted by Crippen LogP contribution is -1.94. The van der Waals surface area contributed by atoms with Gasteiger partial charge in [0.2, 0.25) is 0 Å². The average molecular weight is 294 g/mol. The highest BCUT2D eigenvalue weighted by atomic mass is 32.1. The van der Waals surface area contributed by atoms with Crippen LogP contribution in [0.25, 0.3) is 11.1 Å². The molecule has 0 bridgehead atoms. The zero-order valence-electron chi connectivity index (χ0n) is 9.65. The smallest absolute Gasteiger partial charge is 0.152 e. The first kappa shape index (κ1) is 13.4. The van der Waals surface area contributed by atoms with Crippen molar-refractivity contribution in [3.8, 4) is 24.3 Å². The van der Waals surface area contributed by atoms with E-state index in [1.54, 1.807) is 24.3 Å². The van der Waals surface area contributed by atoms with Crippen LogP contribution in [-0.4, -0.2) is 9.97 Å². The van der Waals surface area contributed by atoms with E-state index in [1.807, 2.05) is 0 Å². The Morgan fingerprint density at radius 1 is 0.750 bits per heavy atom. The SMILES string of the molecule is N#CC(C#N)=c1cn/c(=c2\ncc(=C(C#N)C#N)s2)s1. The molecule has 0 aromatic carbocycles. The van der Waals surface area contributed by atoms with Crippen LogP contribution in [-0.2, 0) is 0 Å². The van der Waals surface area contributed by atoms with Crippen LogP contribution in [0.2, 0.25) is 0 Å². The van der Waals surface area contributed by atoms with E-state index in [9.17, 15) is 0 Å². The van der Waals surface area contributed by atoms with E-state index in [-0.39, 0.29) is 11.1 Å². The largest absolute Gasteiger partial charge is 0.241 e. The highest BCUT2D eigenvalue weighted by Gasteiger charge is 2.01. The quantitative estimate of drug-likeness (QED) is 0.688. The maximum atomic E-state index is 8.78. The standard InChI is InChI=1S/C12H2N6S2/c13-1-7(2-14)9-5-17-11(19-9)12-18-6-10(20-12)8(3-15)4-16/h5-6H/b12-11-. The van der Waals surface area contributed by atoms with E-state index in [0.717, 1.165) is 22.7 Å². The molecule has 0 unspecified atom stereocenters. The minimum Gasteiger partial charge on any atom is -0.241 e. The number of hydrogen-bond acceptors (Lipinski definition) is 8. The number of nitriles is 4. The van der Waals surface area contributed by atoms with Gasteiger partial charge in [-0.05, 0) is 0 Å². The third kappa shape index (κ3) is 2.39. The fraction of sp³-hybridized carbons (Fsp3) is 0. The van der Waals surface area contributed by atoms with Gasteiger partial charge in [0.25, 0.3) is 0 Å². The summed E-state index contributed by atoms with van der Waals surface area (Å²) in [7, 11) is 0. The van der Waals surface area contributed by atoms with Gasteiger partial charge < -0.3 is 0 Å². The van der Waals surface area contributed by atoms with Crippen molar-refractivity contribution in [1.82, 2.24) is 9.97 Å². The topological polar surface area (TPSA) is 121 Å². The second-order valence-electron chi connectivity index (χ2n) is 3.26. The fourth-order valence-corrected chi connectivity index (χ4v) is 3.00. The van der Waals surface area contributed by atoms with E-state index >= 15 is 0 Å². The highest BCUT2D eigenvalue weighted by molar-refractivity contribution is 7.11. The predicted octanol–water partition coefficient (Wildman–Crippen LogP) is 0.282. The summed E-state index contributed by atoms with van der Waals surface area (Å²) < 4.78 is 2.00. The molecule has 0 radical (unpaired) electrons. The van der Waals surface area contributed by atoms with E-state index in [0.29, 0.717) is 18.4 Å². The van der Waals surface area contributed by atoms with Gasteiger partial charge in [0.15, 0.2) is 9.33 Å². The predicted molar refractivity (Wildman–Crippen MR) is 70.4 cm³/mol. The second-order valence-corrected chi connectivity index (χ2v) is 5.32. The van der Waals surface area contributed by atoms with Gasteiger partial charge in [-0.2, -0.15) is 21.0 Å². The molecule has 0 fully saturated rings. The molecule has 0 aliphatic carbocycles. The van der Waals surface area contributed by atoms with E-state index < -0.39 is 0 Å². The van der Waals surface area contributed by atoms with Gasteiger partial charge in [0.1, 0.15) is 35.4 Å². The van der Waals surface area contributed by atoms with Crippen LogP contribution in [0, 0.1) is 54.7 Å². The number of nitrogens with zero attached hydrogens (tertiary/aromatic N) is 6. The van der Waals surface area contributed by atoms with Crippen molar-refractivity contribution < 1.29 is 0 Å². The summed E-state index contributed by atoms with van der Waals surface area (Å²) in [6.07, 6.45) is 2.87. The van der Waals surface area contributed by atoms with Crippen molar-refractivity contribution in [3.63, 3.8) is 0 Å². The molecule has 0 aliphatic rings. The van der Waals surface area contributed by atoms with Gasteiger partial charge in [-0.25, -0.2) is 9.97 Å². The number of hydrogen-bond donors (Lipinski definition) is 0. The first-order valence-corrected chi connectivity index (χ1v) is 6.63. The van der Waals surface area contributed by atoms with Crippen molar-refractivity contribution in [2.75, 3.05) is 0 Å². The molecule has 8 heteroatoms. The van der Waals surface area contributed by atoms with Crippen LogP contribution in [0.15, 0.2) is 12.4 Å². The highest BCUT2D eigenvalue weighted by Crippen LogP contribution is 2.00. The molecule has 2 rings (SSSR count). The Labute approximate surface area is 120 Å². The van der Waals surface area contributed by atoms with Crippen LogP contribution in [0.5, 0.6) is 0 Å². The molecule has 20 heavy (non-hydrogen) atoms. The van der Waals surface area contributed by atoms with E-state index in [1.165, 1.54) is 12.4 Å². The van der Waals surface area contributed by atoms with Gasteiger partial charge in [-0.1, -0.05) is 0 Å². The van der Waals surface area contributed by atoms with Gasteiger partial charge in [0, 0.05) is 12.4 Å². The Balaban J connectivity index is 2.84. The molecule has 2 heterocycles. The summed E-state index contributed by atoms with van der Waals surface area (Å²) >= 11 is 2.33. The van der Waals surface area contributed by atoms with Crippen molar-refractivity contribution in [1.29, 1.82) is 21.0 Å². The van der Waals surface area contributed by atoms with Gasteiger partial charge in [0.05, 0.1) is 9.06 Å². The lowest BCUT2D eigenvalue weighted by atomic mass is 10.3. The molecule has 2 aromatic rings. The molecule has 0 saturated carbocycles. The van der Waals surface area contributed by atoms with Crippen molar-refractivity contribution in [2.24, 2.45) is 0 Å². The van der Waals surface area contributed by atoms with E-state index in [4.69, 9.17) is 21.0 Å². The van der Waals surface area contributed by atoms with Crippen LogP contribution in [0.3, 0.4) is 0 Å².